The summed E-state index contributed by atoms with van der Waals surface area (Å²) in [6.45, 7) is 2.62. The molecule has 0 bridgehead atoms. The van der Waals surface area contributed by atoms with Crippen LogP contribution >= 0.6 is 0 Å². The topological polar surface area (TPSA) is 67.4 Å². The van der Waals surface area contributed by atoms with Gasteiger partial charge in [-0.25, -0.2) is 0 Å². The Morgan fingerprint density at radius 1 is 1.11 bits per heavy atom. The summed E-state index contributed by atoms with van der Waals surface area (Å²) in [7, 11) is 1.61. The molecule has 0 aromatic heterocycles. The van der Waals surface area contributed by atoms with Crippen molar-refractivity contribution in [2.45, 2.75) is 19.8 Å². The van der Waals surface area contributed by atoms with Gasteiger partial charge in [-0.15, -0.1) is 0 Å². The Bertz CT molecular complexity index is 415. The second-order valence-corrected chi connectivity index (χ2v) is 4.21. The van der Waals surface area contributed by atoms with E-state index in [1.165, 1.54) is 6.92 Å². The highest BCUT2D eigenvalue weighted by molar-refractivity contribution is 5.78. The lowest BCUT2D eigenvalue weighted by molar-refractivity contribution is -0.120. The lowest BCUT2D eigenvalue weighted by Gasteiger charge is -2.06. The molecule has 5 heteroatoms. The predicted octanol–water partition coefficient (Wildman–Crippen LogP) is 0.880. The van der Waals surface area contributed by atoms with Crippen LogP contribution in [0.3, 0.4) is 0 Å². The van der Waals surface area contributed by atoms with E-state index in [4.69, 9.17) is 4.74 Å². The molecule has 0 saturated heterocycles. The van der Waals surface area contributed by atoms with Crippen LogP contribution in [0.15, 0.2) is 24.3 Å². The van der Waals surface area contributed by atoms with E-state index in [1.807, 2.05) is 24.3 Å². The number of nitrogens with one attached hydrogen (secondary N) is 2. The Kier molecular flexibility index (Phi) is 6.43. The molecule has 2 amide bonds. The Hall–Kier alpha value is -2.04. The molecule has 0 heterocycles. The summed E-state index contributed by atoms with van der Waals surface area (Å²) >= 11 is 0. The van der Waals surface area contributed by atoms with Crippen molar-refractivity contribution in [3.63, 3.8) is 0 Å². The molecule has 0 saturated carbocycles. The summed E-state index contributed by atoms with van der Waals surface area (Å²) in [5.41, 5.74) is 0.945. The second kappa shape index (κ2) is 8.13. The van der Waals surface area contributed by atoms with Gasteiger partial charge in [-0.3, -0.25) is 9.59 Å². The van der Waals surface area contributed by atoms with Crippen molar-refractivity contribution in [3.8, 4) is 5.75 Å². The van der Waals surface area contributed by atoms with Gasteiger partial charge in [-0.2, -0.15) is 0 Å². The molecule has 0 radical (unpaired) electrons. The molecule has 0 fully saturated rings. The van der Waals surface area contributed by atoms with Gasteiger partial charge in [0.15, 0.2) is 0 Å². The summed E-state index contributed by atoms with van der Waals surface area (Å²) in [5.74, 6) is 0.706. The summed E-state index contributed by atoms with van der Waals surface area (Å²) in [6.07, 6.45) is 1.08. The first-order valence-corrected chi connectivity index (χ1v) is 6.26. The van der Waals surface area contributed by atoms with E-state index in [9.17, 15) is 9.59 Å². The van der Waals surface area contributed by atoms with Crippen LogP contribution in [0.1, 0.15) is 18.9 Å². The minimum atomic E-state index is -0.0513. The van der Waals surface area contributed by atoms with Gasteiger partial charge in [0.25, 0.3) is 0 Å². The molecule has 0 aliphatic carbocycles. The molecule has 0 unspecified atom stereocenters. The van der Waals surface area contributed by atoms with Gasteiger partial charge in [0.2, 0.25) is 11.8 Å². The van der Waals surface area contributed by atoms with E-state index < -0.39 is 0 Å². The predicted molar refractivity (Wildman–Crippen MR) is 73.0 cm³/mol. The minimum absolute atomic E-state index is 0.0204. The third-order valence-electron chi connectivity index (χ3n) is 2.57. The van der Waals surface area contributed by atoms with E-state index in [-0.39, 0.29) is 11.8 Å². The van der Waals surface area contributed by atoms with Gasteiger partial charge >= 0.3 is 0 Å². The van der Waals surface area contributed by atoms with Gasteiger partial charge in [0.1, 0.15) is 5.75 Å². The van der Waals surface area contributed by atoms with Crippen LogP contribution < -0.4 is 15.4 Å². The Balaban J connectivity index is 2.21. The molecule has 0 aliphatic heterocycles. The van der Waals surface area contributed by atoms with Crippen molar-refractivity contribution in [2.24, 2.45) is 0 Å². The maximum atomic E-state index is 11.6. The normalized spacial score (nSPS) is 9.79. The summed E-state index contributed by atoms with van der Waals surface area (Å²) in [5, 5.41) is 5.49. The van der Waals surface area contributed by atoms with E-state index >= 15 is 0 Å². The lowest BCUT2D eigenvalue weighted by atomic mass is 10.1. The highest BCUT2D eigenvalue weighted by Gasteiger charge is 2.03. The molecule has 0 aliphatic rings. The van der Waals surface area contributed by atoms with Gasteiger partial charge in [-0.1, -0.05) is 12.1 Å². The quantitative estimate of drug-likeness (QED) is 0.718. The van der Waals surface area contributed by atoms with Gasteiger partial charge in [-0.05, 0) is 24.1 Å². The molecule has 0 atom stereocenters. The van der Waals surface area contributed by atoms with Gasteiger partial charge in [0, 0.05) is 20.0 Å². The molecule has 0 spiro atoms. The number of hydrogen-bond donors (Lipinski definition) is 2. The van der Waals surface area contributed by atoms with Crippen LogP contribution in [-0.4, -0.2) is 32.0 Å². The van der Waals surface area contributed by atoms with Gasteiger partial charge < -0.3 is 15.4 Å². The van der Waals surface area contributed by atoms with Crippen molar-refractivity contribution < 1.29 is 14.3 Å². The van der Waals surface area contributed by atoms with E-state index in [0.717, 1.165) is 17.7 Å². The first-order valence-electron chi connectivity index (χ1n) is 6.26. The number of amides is 2. The van der Waals surface area contributed by atoms with Crippen LogP contribution in [-0.2, 0) is 16.0 Å². The van der Waals surface area contributed by atoms with E-state index in [0.29, 0.717) is 19.5 Å². The van der Waals surface area contributed by atoms with Crippen molar-refractivity contribution in [1.82, 2.24) is 10.6 Å². The number of hydrogen-bond acceptors (Lipinski definition) is 3. The third kappa shape index (κ3) is 6.45. The highest BCUT2D eigenvalue weighted by atomic mass is 16.5. The molecule has 1 aromatic carbocycles. The zero-order chi connectivity index (χ0) is 14.1. The first kappa shape index (κ1) is 15.0. The largest absolute Gasteiger partial charge is 0.497 e. The molecule has 104 valence electrons. The van der Waals surface area contributed by atoms with Gasteiger partial charge in [0.05, 0.1) is 13.5 Å². The molecule has 5 nitrogen and oxygen atoms in total. The zero-order valence-corrected chi connectivity index (χ0v) is 11.4. The monoisotopic (exact) mass is 264 g/mol. The Labute approximate surface area is 113 Å². The second-order valence-electron chi connectivity index (χ2n) is 4.21. The van der Waals surface area contributed by atoms with Crippen molar-refractivity contribution in [3.05, 3.63) is 29.8 Å². The Morgan fingerprint density at radius 3 is 2.32 bits per heavy atom. The molecule has 19 heavy (non-hydrogen) atoms. The summed E-state index contributed by atoms with van der Waals surface area (Å²) in [6, 6.07) is 7.41. The summed E-state index contributed by atoms with van der Waals surface area (Å²) in [4.78, 5) is 22.3. The molecule has 1 rings (SSSR count). The molecule has 1 aromatic rings. The number of benzene rings is 1. The fraction of sp³-hybridized carbons (Fsp3) is 0.429. The average molecular weight is 264 g/mol. The maximum absolute atomic E-state index is 11.6. The van der Waals surface area contributed by atoms with Crippen molar-refractivity contribution in [2.75, 3.05) is 20.2 Å². The third-order valence-corrected chi connectivity index (χ3v) is 2.57. The Morgan fingerprint density at radius 2 is 1.74 bits per heavy atom. The van der Waals surface area contributed by atoms with Crippen LogP contribution in [0.4, 0.5) is 0 Å². The fourth-order valence-corrected chi connectivity index (χ4v) is 1.57. The standard InChI is InChI=1S/C14H20N2O3/c1-11(17)15-8-3-9-16-14(18)10-12-4-6-13(19-2)7-5-12/h4-7H,3,8-10H2,1-2H3,(H,15,17)(H,16,18). The smallest absolute Gasteiger partial charge is 0.224 e. The number of methoxy groups -OCH3 is 1. The van der Waals surface area contributed by atoms with Crippen molar-refractivity contribution >= 4 is 11.8 Å². The fourth-order valence-electron chi connectivity index (χ4n) is 1.57. The van der Waals surface area contributed by atoms with Crippen LogP contribution in [0.2, 0.25) is 0 Å². The zero-order valence-electron chi connectivity index (χ0n) is 11.4. The highest BCUT2D eigenvalue weighted by Crippen LogP contribution is 2.11. The SMILES string of the molecule is COc1ccc(CC(=O)NCCCNC(C)=O)cc1. The van der Waals surface area contributed by atoms with Crippen LogP contribution in [0.5, 0.6) is 5.75 Å². The van der Waals surface area contributed by atoms with E-state index in [2.05, 4.69) is 10.6 Å². The van der Waals surface area contributed by atoms with Crippen LogP contribution in [0, 0.1) is 0 Å². The number of ether oxygens (including phenoxy) is 1. The lowest BCUT2D eigenvalue weighted by Crippen LogP contribution is -2.29. The molecular formula is C14H20N2O3. The molecular weight excluding hydrogens is 244 g/mol. The summed E-state index contributed by atoms with van der Waals surface area (Å²) < 4.78 is 5.05. The van der Waals surface area contributed by atoms with Crippen molar-refractivity contribution in [1.29, 1.82) is 0 Å². The minimum Gasteiger partial charge on any atom is -0.497 e. The maximum Gasteiger partial charge on any atom is 0.224 e. The number of carbonyl (C=O) groups excluding carboxylic acids is 2. The average Bonchev–Trinajstić information content (AvgIpc) is 2.39. The molecule has 2 N–H and O–H groups in total. The number of carbonyl (C=O) groups is 2. The first-order chi connectivity index (χ1) is 9.11. The van der Waals surface area contributed by atoms with E-state index in [1.54, 1.807) is 7.11 Å². The number of rotatable bonds is 7. The van der Waals surface area contributed by atoms with Crippen LogP contribution in [0.25, 0.3) is 0 Å².